The molecule has 4 heteroatoms. The average Bonchev–Trinajstić information content (AvgIpc) is 1.98. The van der Waals surface area contributed by atoms with E-state index < -0.39 is 11.5 Å². The van der Waals surface area contributed by atoms with Crippen molar-refractivity contribution in [2.75, 3.05) is 6.54 Å². The third kappa shape index (κ3) is 3.74. The van der Waals surface area contributed by atoms with Gasteiger partial charge in [0.2, 0.25) is 6.54 Å². The molecular formula is C8H12N2O2. The number of nitrogens with two attached hydrogens (primary N) is 1. The average molecular weight is 168 g/mol. The molecule has 0 rings (SSSR count). The lowest BCUT2D eigenvalue weighted by atomic mass is 10.0. The van der Waals surface area contributed by atoms with Crippen LogP contribution in [0.3, 0.4) is 0 Å². The molecule has 0 fully saturated rings. The van der Waals surface area contributed by atoms with Crippen LogP contribution in [-0.4, -0.2) is 23.2 Å². The minimum absolute atomic E-state index is 0.367. The zero-order valence-corrected chi connectivity index (χ0v) is 6.95. The van der Waals surface area contributed by atoms with Crippen LogP contribution < -0.4 is 5.73 Å². The van der Waals surface area contributed by atoms with Gasteiger partial charge in [0.15, 0.2) is 0 Å². The summed E-state index contributed by atoms with van der Waals surface area (Å²) in [7, 11) is 0. The van der Waals surface area contributed by atoms with E-state index in [1.807, 2.05) is 0 Å². The molecule has 12 heavy (non-hydrogen) atoms. The van der Waals surface area contributed by atoms with Crippen molar-refractivity contribution in [3.63, 3.8) is 0 Å². The summed E-state index contributed by atoms with van der Waals surface area (Å²) in [5.74, 6) is -1.07. The van der Waals surface area contributed by atoms with Crippen molar-refractivity contribution in [1.82, 2.24) is 0 Å². The third-order valence-electron chi connectivity index (χ3n) is 1.33. The Labute approximate surface area is 71.5 Å². The molecule has 4 nitrogen and oxygen atoms in total. The van der Waals surface area contributed by atoms with Gasteiger partial charge in [0.1, 0.15) is 5.54 Å². The van der Waals surface area contributed by atoms with Crippen molar-refractivity contribution in [3.05, 3.63) is 23.6 Å². The van der Waals surface area contributed by atoms with Crippen LogP contribution in [0.2, 0.25) is 0 Å². The second kappa shape index (κ2) is 4.52. The molecule has 0 radical (unpaired) electrons. The second-order valence-electron chi connectivity index (χ2n) is 2.66. The van der Waals surface area contributed by atoms with Crippen molar-refractivity contribution >= 4 is 5.97 Å². The maximum atomic E-state index is 10.4. The molecule has 0 aliphatic rings. The fraction of sp³-hybridized carbons (Fsp3) is 0.500. The molecule has 0 saturated heterocycles. The summed E-state index contributed by atoms with van der Waals surface area (Å²) in [6.07, 6.45) is 3.57. The van der Waals surface area contributed by atoms with Crippen molar-refractivity contribution in [1.29, 1.82) is 0 Å². The van der Waals surface area contributed by atoms with Crippen LogP contribution in [0.5, 0.6) is 0 Å². The van der Waals surface area contributed by atoms with Crippen LogP contribution in [0.1, 0.15) is 13.3 Å². The molecule has 66 valence electrons. The van der Waals surface area contributed by atoms with Crippen molar-refractivity contribution in [2.24, 2.45) is 5.73 Å². The van der Waals surface area contributed by atoms with Gasteiger partial charge in [0, 0.05) is 6.42 Å². The van der Waals surface area contributed by atoms with Crippen LogP contribution in [0, 0.1) is 6.57 Å². The number of hydrogen-bond donors (Lipinski definition) is 2. The van der Waals surface area contributed by atoms with Crippen LogP contribution in [0.25, 0.3) is 4.85 Å². The van der Waals surface area contributed by atoms with Crippen molar-refractivity contribution in [3.8, 4) is 0 Å². The Morgan fingerprint density at radius 1 is 1.83 bits per heavy atom. The van der Waals surface area contributed by atoms with Crippen molar-refractivity contribution in [2.45, 2.75) is 18.9 Å². The summed E-state index contributed by atoms with van der Waals surface area (Å²) in [4.78, 5) is 13.6. The maximum absolute atomic E-state index is 10.4. The predicted octanol–water partition coefficient (Wildman–Crippen LogP) is 0.654. The number of hydrogen-bond acceptors (Lipinski definition) is 2. The summed E-state index contributed by atoms with van der Waals surface area (Å²) >= 11 is 0. The van der Waals surface area contributed by atoms with E-state index >= 15 is 0 Å². The van der Waals surface area contributed by atoms with E-state index in [0.29, 0.717) is 13.0 Å². The zero-order chi connectivity index (χ0) is 9.61. The molecule has 0 aromatic heterocycles. The summed E-state index contributed by atoms with van der Waals surface area (Å²) in [6.45, 7) is 8.24. The van der Waals surface area contributed by atoms with Crippen LogP contribution in [0.15, 0.2) is 12.2 Å². The molecule has 0 aromatic rings. The number of carbonyl (C=O) groups is 1. The van der Waals surface area contributed by atoms with Crippen LogP contribution in [0.4, 0.5) is 0 Å². The van der Waals surface area contributed by atoms with E-state index in [-0.39, 0.29) is 0 Å². The van der Waals surface area contributed by atoms with Gasteiger partial charge in [-0.05, 0) is 6.92 Å². The third-order valence-corrected chi connectivity index (χ3v) is 1.33. The Kier molecular flexibility index (Phi) is 4.02. The molecular weight excluding hydrogens is 156 g/mol. The first-order valence-corrected chi connectivity index (χ1v) is 3.54. The first-order chi connectivity index (χ1) is 5.50. The highest BCUT2D eigenvalue weighted by Crippen LogP contribution is 2.01. The largest absolute Gasteiger partial charge is 0.480 e. The molecule has 0 aromatic carbocycles. The normalized spacial score (nSPS) is 15.4. The Bertz CT molecular complexity index is 226. The lowest BCUT2D eigenvalue weighted by molar-refractivity contribution is -0.140. The first kappa shape index (κ1) is 10.7. The first-order valence-electron chi connectivity index (χ1n) is 3.54. The van der Waals surface area contributed by atoms with Crippen LogP contribution >= 0.6 is 0 Å². The Balaban J connectivity index is 3.98. The molecule has 0 amide bonds. The Hall–Kier alpha value is -1.34. The van der Waals surface area contributed by atoms with Gasteiger partial charge in [-0.15, -0.1) is 0 Å². The summed E-state index contributed by atoms with van der Waals surface area (Å²) < 4.78 is 0. The van der Waals surface area contributed by atoms with E-state index in [0.717, 1.165) is 0 Å². The Morgan fingerprint density at radius 3 is 2.83 bits per heavy atom. The minimum Gasteiger partial charge on any atom is -0.480 e. The lowest BCUT2D eigenvalue weighted by Crippen LogP contribution is -2.42. The molecule has 0 saturated carbocycles. The topological polar surface area (TPSA) is 67.7 Å². The molecule has 1 unspecified atom stereocenters. The highest BCUT2D eigenvalue weighted by Gasteiger charge is 2.23. The second-order valence-corrected chi connectivity index (χ2v) is 2.66. The van der Waals surface area contributed by atoms with Gasteiger partial charge < -0.3 is 15.7 Å². The summed E-state index contributed by atoms with van der Waals surface area (Å²) in [5.41, 5.74) is 4.06. The van der Waals surface area contributed by atoms with E-state index in [9.17, 15) is 4.79 Å². The molecule has 3 N–H and O–H groups in total. The summed E-state index contributed by atoms with van der Waals surface area (Å²) in [5, 5.41) is 8.56. The highest BCUT2D eigenvalue weighted by atomic mass is 16.4. The molecule has 0 spiro atoms. The molecule has 0 bridgehead atoms. The quantitative estimate of drug-likeness (QED) is 0.368. The SMILES string of the molecule is [C-]#[N+]CC/C=C/C(C)(N)C(=O)O. The van der Waals surface area contributed by atoms with E-state index in [2.05, 4.69) is 4.85 Å². The van der Waals surface area contributed by atoms with Gasteiger partial charge in [0.05, 0.1) is 0 Å². The van der Waals surface area contributed by atoms with Gasteiger partial charge >= 0.3 is 5.97 Å². The molecule has 0 heterocycles. The fourth-order valence-corrected chi connectivity index (χ4v) is 0.539. The molecule has 0 aliphatic carbocycles. The number of carboxylic acid groups (broad SMARTS) is 1. The number of rotatable bonds is 4. The smallest absolute Gasteiger partial charge is 0.327 e. The summed E-state index contributed by atoms with van der Waals surface area (Å²) in [6, 6.07) is 0. The predicted molar refractivity (Wildman–Crippen MR) is 45.5 cm³/mol. The number of carboxylic acids is 1. The van der Waals surface area contributed by atoms with Gasteiger partial charge in [0.25, 0.3) is 0 Å². The maximum Gasteiger partial charge on any atom is 0.327 e. The monoisotopic (exact) mass is 168 g/mol. The molecule has 0 aliphatic heterocycles. The zero-order valence-electron chi connectivity index (χ0n) is 6.95. The van der Waals surface area contributed by atoms with E-state index in [1.54, 1.807) is 6.08 Å². The number of aliphatic carboxylic acids is 1. The van der Waals surface area contributed by atoms with E-state index in [1.165, 1.54) is 13.0 Å². The van der Waals surface area contributed by atoms with Gasteiger partial charge in [-0.1, -0.05) is 12.2 Å². The van der Waals surface area contributed by atoms with E-state index in [4.69, 9.17) is 17.4 Å². The standard InChI is InChI=1S/C8H12N2O2/c1-8(9,7(11)12)5-3-4-6-10-2/h3,5H,4,6,9H2,1H3,(H,11,12)/b5-3+. The van der Waals surface area contributed by atoms with Crippen LogP contribution in [-0.2, 0) is 4.79 Å². The molecule has 1 atom stereocenters. The Morgan fingerprint density at radius 2 is 2.42 bits per heavy atom. The number of nitrogens with zero attached hydrogens (tertiary/aromatic N) is 1. The van der Waals surface area contributed by atoms with Gasteiger partial charge in [-0.25, -0.2) is 11.4 Å². The highest BCUT2D eigenvalue weighted by molar-refractivity contribution is 5.80. The van der Waals surface area contributed by atoms with Crippen molar-refractivity contribution < 1.29 is 9.90 Å². The fourth-order valence-electron chi connectivity index (χ4n) is 0.539. The lowest BCUT2D eigenvalue weighted by Gasteiger charge is -2.12. The van der Waals surface area contributed by atoms with Gasteiger partial charge in [-0.3, -0.25) is 0 Å². The van der Waals surface area contributed by atoms with Gasteiger partial charge in [-0.2, -0.15) is 0 Å². The minimum atomic E-state index is -1.32.